The average Bonchev–Trinajstić information content (AvgIpc) is 2.83. The van der Waals surface area contributed by atoms with Crippen molar-refractivity contribution in [2.45, 2.75) is 31.0 Å². The summed E-state index contributed by atoms with van der Waals surface area (Å²) in [7, 11) is 0. The smallest absolute Gasteiger partial charge is 0.251 e. The van der Waals surface area contributed by atoms with Crippen molar-refractivity contribution in [1.82, 2.24) is 14.5 Å². The highest BCUT2D eigenvalue weighted by Gasteiger charge is 2.43. The number of nitrogens with zero attached hydrogens (tertiary/aromatic N) is 3. The maximum Gasteiger partial charge on any atom is 0.251 e. The number of piperidine rings is 1. The number of pyridine rings is 2. The predicted molar refractivity (Wildman–Crippen MR) is 83.5 cm³/mol. The topological polar surface area (TPSA) is 84.4 Å². The first-order chi connectivity index (χ1) is 11.0. The third-order valence-electron chi connectivity index (χ3n) is 4.96. The Bertz CT molecular complexity index is 829. The zero-order valence-electron chi connectivity index (χ0n) is 12.7. The SMILES string of the molecule is NC1CCN(C[C@@]2(O)Cn3c(=O)ccc4ncc(F)c2c43)CC1. The summed E-state index contributed by atoms with van der Waals surface area (Å²) in [4.78, 5) is 18.2. The quantitative estimate of drug-likeness (QED) is 0.824. The van der Waals surface area contributed by atoms with Crippen LogP contribution >= 0.6 is 0 Å². The maximum absolute atomic E-state index is 14.4. The summed E-state index contributed by atoms with van der Waals surface area (Å²) in [6, 6.07) is 3.17. The van der Waals surface area contributed by atoms with Gasteiger partial charge in [0.2, 0.25) is 0 Å². The van der Waals surface area contributed by atoms with Gasteiger partial charge in [-0.15, -0.1) is 0 Å². The molecule has 23 heavy (non-hydrogen) atoms. The highest BCUT2D eigenvalue weighted by atomic mass is 19.1. The van der Waals surface area contributed by atoms with Crippen molar-refractivity contribution in [2.75, 3.05) is 19.6 Å². The van der Waals surface area contributed by atoms with Gasteiger partial charge < -0.3 is 15.4 Å². The highest BCUT2D eigenvalue weighted by Crippen LogP contribution is 2.37. The van der Waals surface area contributed by atoms with Crippen molar-refractivity contribution in [3.8, 4) is 0 Å². The number of halogens is 1. The summed E-state index contributed by atoms with van der Waals surface area (Å²) in [6.07, 6.45) is 2.84. The average molecular weight is 318 g/mol. The first-order valence-corrected chi connectivity index (χ1v) is 7.87. The largest absolute Gasteiger partial charge is 0.382 e. The normalized spacial score (nSPS) is 25.3. The van der Waals surface area contributed by atoms with Crippen LogP contribution in [0.1, 0.15) is 18.4 Å². The van der Waals surface area contributed by atoms with E-state index in [9.17, 15) is 14.3 Å². The lowest BCUT2D eigenvalue weighted by molar-refractivity contribution is -0.0150. The Morgan fingerprint density at radius 1 is 1.39 bits per heavy atom. The molecule has 2 aromatic rings. The minimum Gasteiger partial charge on any atom is -0.382 e. The van der Waals surface area contributed by atoms with E-state index in [1.54, 1.807) is 6.07 Å². The van der Waals surface area contributed by atoms with Gasteiger partial charge >= 0.3 is 0 Å². The Morgan fingerprint density at radius 3 is 2.87 bits per heavy atom. The Morgan fingerprint density at radius 2 is 2.13 bits per heavy atom. The molecule has 4 heterocycles. The lowest BCUT2D eigenvalue weighted by atomic mass is 9.93. The molecule has 0 aromatic carbocycles. The molecule has 3 N–H and O–H groups in total. The molecule has 0 bridgehead atoms. The zero-order valence-corrected chi connectivity index (χ0v) is 12.7. The molecule has 7 heteroatoms. The number of aromatic nitrogens is 2. The van der Waals surface area contributed by atoms with Crippen molar-refractivity contribution in [3.05, 3.63) is 40.1 Å². The Balaban J connectivity index is 1.77. The van der Waals surface area contributed by atoms with Gasteiger partial charge in [0.25, 0.3) is 5.56 Å². The fraction of sp³-hybridized carbons (Fsp3) is 0.500. The van der Waals surface area contributed by atoms with Crippen molar-refractivity contribution in [3.63, 3.8) is 0 Å². The lowest BCUT2D eigenvalue weighted by Crippen LogP contribution is -2.47. The molecule has 1 saturated heterocycles. The van der Waals surface area contributed by atoms with Crippen molar-refractivity contribution < 1.29 is 9.50 Å². The second kappa shape index (κ2) is 5.09. The molecule has 1 fully saturated rings. The molecule has 0 spiro atoms. The summed E-state index contributed by atoms with van der Waals surface area (Å²) < 4.78 is 15.8. The summed E-state index contributed by atoms with van der Waals surface area (Å²) >= 11 is 0. The number of aliphatic hydroxyl groups is 1. The van der Waals surface area contributed by atoms with E-state index in [0.717, 1.165) is 32.1 Å². The van der Waals surface area contributed by atoms with Gasteiger partial charge in [0, 0.05) is 18.7 Å². The zero-order chi connectivity index (χ0) is 16.2. The van der Waals surface area contributed by atoms with E-state index in [1.807, 2.05) is 0 Å². The second-order valence-corrected chi connectivity index (χ2v) is 6.62. The van der Waals surface area contributed by atoms with Gasteiger partial charge in [0.05, 0.1) is 29.3 Å². The Kier molecular flexibility index (Phi) is 3.26. The van der Waals surface area contributed by atoms with E-state index in [0.29, 0.717) is 11.0 Å². The van der Waals surface area contributed by atoms with Gasteiger partial charge in [-0.1, -0.05) is 0 Å². The van der Waals surface area contributed by atoms with Crippen LogP contribution in [0.25, 0.3) is 11.0 Å². The molecular formula is C16H19FN4O2. The van der Waals surface area contributed by atoms with E-state index in [4.69, 9.17) is 5.73 Å². The van der Waals surface area contributed by atoms with Gasteiger partial charge in [0.15, 0.2) is 0 Å². The molecule has 0 unspecified atom stereocenters. The van der Waals surface area contributed by atoms with Crippen LogP contribution in [-0.2, 0) is 12.1 Å². The number of hydrogen-bond acceptors (Lipinski definition) is 5. The van der Waals surface area contributed by atoms with Crippen molar-refractivity contribution in [1.29, 1.82) is 0 Å². The van der Waals surface area contributed by atoms with E-state index >= 15 is 0 Å². The third kappa shape index (κ3) is 2.27. The summed E-state index contributed by atoms with van der Waals surface area (Å²) in [6.45, 7) is 1.88. The second-order valence-electron chi connectivity index (χ2n) is 6.62. The van der Waals surface area contributed by atoms with Crippen LogP contribution < -0.4 is 11.3 Å². The van der Waals surface area contributed by atoms with Crippen LogP contribution in [0.3, 0.4) is 0 Å². The number of nitrogens with two attached hydrogens (primary N) is 1. The molecule has 6 nitrogen and oxygen atoms in total. The van der Waals surface area contributed by atoms with Gasteiger partial charge in [0.1, 0.15) is 11.4 Å². The van der Waals surface area contributed by atoms with Crippen LogP contribution in [-0.4, -0.2) is 45.2 Å². The first kappa shape index (κ1) is 14.7. The summed E-state index contributed by atoms with van der Waals surface area (Å²) in [5.41, 5.74) is 5.37. The van der Waals surface area contributed by atoms with Gasteiger partial charge in [-0.05, 0) is 32.0 Å². The molecule has 0 aliphatic carbocycles. The van der Waals surface area contributed by atoms with Crippen LogP contribution in [0, 0.1) is 5.82 Å². The number of β-amino-alcohol motifs (C(OH)–C–C–N with tert-alkyl or cyclic N) is 1. The molecule has 0 radical (unpaired) electrons. The van der Waals surface area contributed by atoms with Crippen LogP contribution in [0.2, 0.25) is 0 Å². The Labute approximate surface area is 132 Å². The minimum atomic E-state index is -1.42. The lowest BCUT2D eigenvalue weighted by Gasteiger charge is -2.35. The summed E-state index contributed by atoms with van der Waals surface area (Å²) in [5, 5.41) is 11.2. The molecule has 4 rings (SSSR count). The fourth-order valence-electron chi connectivity index (χ4n) is 3.79. The molecule has 0 amide bonds. The maximum atomic E-state index is 14.4. The van der Waals surface area contributed by atoms with Crippen LogP contribution in [0.15, 0.2) is 23.1 Å². The molecular weight excluding hydrogens is 299 g/mol. The number of hydrogen-bond donors (Lipinski definition) is 2. The molecule has 2 aliphatic rings. The summed E-state index contributed by atoms with van der Waals surface area (Å²) in [5.74, 6) is -0.564. The monoisotopic (exact) mass is 318 g/mol. The van der Waals surface area contributed by atoms with E-state index in [1.165, 1.54) is 10.6 Å². The molecule has 1 atom stereocenters. The van der Waals surface area contributed by atoms with E-state index in [-0.39, 0.29) is 30.3 Å². The molecule has 0 saturated carbocycles. The molecule has 2 aliphatic heterocycles. The van der Waals surface area contributed by atoms with Crippen LogP contribution in [0.4, 0.5) is 4.39 Å². The molecule has 2 aromatic heterocycles. The predicted octanol–water partition coefficient (Wildman–Crippen LogP) is 0.160. The first-order valence-electron chi connectivity index (χ1n) is 7.87. The minimum absolute atomic E-state index is 0.0592. The van der Waals surface area contributed by atoms with E-state index in [2.05, 4.69) is 9.88 Å². The number of rotatable bonds is 2. The Hall–Kier alpha value is -1.83. The van der Waals surface area contributed by atoms with Crippen molar-refractivity contribution >= 4 is 11.0 Å². The number of likely N-dealkylation sites (tertiary alicyclic amines) is 1. The fourth-order valence-corrected chi connectivity index (χ4v) is 3.79. The molecule has 122 valence electrons. The third-order valence-corrected chi connectivity index (χ3v) is 4.96. The standard InChI is InChI=1S/C16H19FN4O2/c17-11-7-19-12-1-2-13(22)21-9-16(23,14(11)15(12)21)8-20-5-3-10(18)4-6-20/h1-2,7,10,23H,3-6,8-9,18H2/t16-/m1/s1. The van der Waals surface area contributed by atoms with Crippen molar-refractivity contribution in [2.24, 2.45) is 5.73 Å². The van der Waals surface area contributed by atoms with Gasteiger partial charge in [-0.2, -0.15) is 0 Å². The van der Waals surface area contributed by atoms with Crippen LogP contribution in [0.5, 0.6) is 0 Å². The van der Waals surface area contributed by atoms with E-state index < -0.39 is 11.4 Å². The van der Waals surface area contributed by atoms with Gasteiger partial charge in [-0.3, -0.25) is 14.7 Å². The highest BCUT2D eigenvalue weighted by molar-refractivity contribution is 5.81. The van der Waals surface area contributed by atoms with Gasteiger partial charge in [-0.25, -0.2) is 4.39 Å².